The van der Waals surface area contributed by atoms with Gasteiger partial charge in [-0.15, -0.1) is 0 Å². The van der Waals surface area contributed by atoms with E-state index in [0.717, 1.165) is 13.0 Å². The fourth-order valence-corrected chi connectivity index (χ4v) is 14.3. The quantitative estimate of drug-likeness (QED) is 0.0834. The maximum absolute atomic E-state index is 12.2. The molecule has 0 atom stereocenters. The zero-order valence-corrected chi connectivity index (χ0v) is 42.9. The Morgan fingerprint density at radius 1 is 0.464 bits per heavy atom. The number of halogens is 20. The van der Waals surface area contributed by atoms with E-state index in [9.17, 15) is 87.8 Å². The van der Waals surface area contributed by atoms with Gasteiger partial charge in [0.1, 0.15) is 6.80 Å². The summed E-state index contributed by atoms with van der Waals surface area (Å²) in [6.07, 6.45) is -10.1. The van der Waals surface area contributed by atoms with Crippen molar-refractivity contribution in [2.75, 3.05) is 60.1 Å². The van der Waals surface area contributed by atoms with Crippen molar-refractivity contribution in [3.05, 3.63) is 12.4 Å². The van der Waals surface area contributed by atoms with E-state index in [1.54, 1.807) is 27.7 Å². The van der Waals surface area contributed by atoms with E-state index >= 15 is 0 Å². The van der Waals surface area contributed by atoms with Crippen LogP contribution in [0, 0.1) is 0 Å². The molecule has 0 aromatic rings. The highest BCUT2D eigenvalue weighted by Gasteiger charge is 2.57. The maximum Gasteiger partial charge on any atom is 0.456 e. The van der Waals surface area contributed by atoms with Crippen molar-refractivity contribution in [2.24, 2.45) is 10.8 Å². The van der Waals surface area contributed by atoms with Crippen LogP contribution in [0.1, 0.15) is 112 Å². The van der Waals surface area contributed by atoms with E-state index in [1.165, 1.54) is 13.0 Å². The van der Waals surface area contributed by atoms with E-state index in [0.29, 0.717) is 25.6 Å². The van der Waals surface area contributed by atoms with Crippen LogP contribution in [0.5, 0.6) is 0 Å². The van der Waals surface area contributed by atoms with Crippen molar-refractivity contribution in [1.29, 1.82) is 0 Å². The third-order valence-corrected chi connectivity index (χ3v) is 14.3. The molecule has 30 heteroatoms. The summed E-state index contributed by atoms with van der Waals surface area (Å²) in [6.45, 7) is 19.1. The number of allylic oxidation sites excluding steroid dienone is 1. The van der Waals surface area contributed by atoms with Crippen molar-refractivity contribution >= 4 is 33.9 Å². The Morgan fingerprint density at radius 3 is 0.768 bits per heavy atom. The molecule has 0 amide bonds. The van der Waals surface area contributed by atoms with Gasteiger partial charge in [-0.05, 0) is 98.5 Å². The minimum Gasteiger partial charge on any atom is -0.433 e. The third-order valence-electron chi connectivity index (χ3n) is 3.91. The Kier molecular flexibility index (Phi) is 110. The van der Waals surface area contributed by atoms with Crippen molar-refractivity contribution in [3.63, 3.8) is 0 Å². The highest BCUT2D eigenvalue weighted by molar-refractivity contribution is 6.82. The van der Waals surface area contributed by atoms with Gasteiger partial charge >= 0.3 is 24.5 Å². The Morgan fingerprint density at radius 2 is 0.681 bits per heavy atom. The number of nitrogens with two attached hydrogens (primary N) is 2. The highest BCUT2D eigenvalue weighted by Crippen LogP contribution is 2.35. The highest BCUT2D eigenvalue weighted by atomic mass is 28.4. The van der Waals surface area contributed by atoms with Crippen LogP contribution in [0.3, 0.4) is 0 Å². The molecule has 0 aliphatic rings. The lowest BCUT2D eigenvalue weighted by Gasteiger charge is -2.33. The Balaban J connectivity index is -0.0000000332. The van der Waals surface area contributed by atoms with Gasteiger partial charge in [-0.3, -0.25) is 22.5 Å². The summed E-state index contributed by atoms with van der Waals surface area (Å²) in [6, 6.07) is 0. The van der Waals surface area contributed by atoms with E-state index in [-0.39, 0.29) is 71.3 Å². The van der Waals surface area contributed by atoms with Gasteiger partial charge in [-0.1, -0.05) is 78.3 Å². The Hall–Kier alpha value is -1.03. The minimum atomic E-state index is -5.76. The molecule has 0 aliphatic carbocycles. The summed E-state index contributed by atoms with van der Waals surface area (Å²) in [5.74, 6) is -5.19. The predicted molar refractivity (Wildman–Crippen MR) is 266 cm³/mol. The van der Waals surface area contributed by atoms with Crippen molar-refractivity contribution in [1.82, 2.24) is 9.96 Å². The lowest BCUT2D eigenvalue weighted by atomic mass is 10.4. The average molecular weight is 1150 g/mol. The first-order valence-electron chi connectivity index (χ1n) is 18.8. The smallest absolute Gasteiger partial charge is 0.433 e. The lowest BCUT2D eigenvalue weighted by molar-refractivity contribution is -0.286. The molecule has 0 radical (unpaired) electrons. The van der Waals surface area contributed by atoms with Gasteiger partial charge in [0.2, 0.25) is 17.0 Å². The second-order valence-electron chi connectivity index (χ2n) is 13.3. The predicted octanol–water partition coefficient (Wildman–Crippen LogP) is 17.8. The standard InChI is InChI=1S/C8H23FN2OSi2.C4H16N2OSi2.C3H2F6.3C3H7F.C3H5F.2C2H2F4.C2H5F.6CH4/c1-6-7-10-13(2,3)12-14(4,5)11-8-9;1-8(2,5)7-9(3,4)6;4-1-2(5,6)3(7,8)9;4*1-2-3-4;2*3-1-2(4,5)6;1-2-3;;;;;;/h10-11H,6-8H2,1-5H3;5-6H2,1-4H3;1H2;3*2-3H2,1H3;2-3H,1H3;2*1H2;2H2,1H3;6*1H4. The SMILES string of the molecule is C.C.C.C.C.C.CC=CF.CCCF.CCCF.CCCF.CCCN[Si](C)(C)O[Si](C)(C)NCF.CCF.C[Si](C)(N)O[Si](C)(C)N.FCC(F)(F)C(F)(F)F.FCC(F)(F)F.FCC(F)(F)F. The average Bonchev–Trinajstić information content (AvgIpc) is 3.12. The summed E-state index contributed by atoms with van der Waals surface area (Å²) in [5, 5.41) is 11.4. The normalized spacial score (nSPS) is 10.6. The van der Waals surface area contributed by atoms with Crippen LogP contribution in [0.15, 0.2) is 12.4 Å². The largest absolute Gasteiger partial charge is 0.456 e. The first kappa shape index (κ1) is 113. The van der Waals surface area contributed by atoms with Gasteiger partial charge in [0.15, 0.2) is 20.0 Å². The van der Waals surface area contributed by atoms with Gasteiger partial charge in [0.25, 0.3) is 17.0 Å². The molecule has 6 N–H and O–H groups in total. The maximum atomic E-state index is 12.2. The van der Waals surface area contributed by atoms with Crippen LogP contribution in [0.4, 0.5) is 87.8 Å². The van der Waals surface area contributed by atoms with E-state index in [2.05, 4.69) is 30.0 Å². The first-order valence-corrected chi connectivity index (χ1v) is 30.6. The fraction of sp³-hybridized carbons (Fsp3) is 0.949. The zero-order valence-electron chi connectivity index (χ0n) is 38.9. The van der Waals surface area contributed by atoms with Crippen LogP contribution < -0.4 is 20.8 Å². The molecule has 0 aromatic carbocycles. The molecule has 0 rings (SSSR count). The van der Waals surface area contributed by atoms with Gasteiger partial charge in [0, 0.05) is 0 Å². The van der Waals surface area contributed by atoms with Crippen LogP contribution >= 0.6 is 0 Å². The Bertz CT molecular complexity index is 860. The molecule has 0 fully saturated rings. The summed E-state index contributed by atoms with van der Waals surface area (Å²) >= 11 is 0. The number of alkyl halides is 19. The summed E-state index contributed by atoms with van der Waals surface area (Å²) < 4.78 is 225. The zero-order chi connectivity index (χ0) is 53.4. The van der Waals surface area contributed by atoms with Gasteiger partial charge in [0.05, 0.1) is 33.0 Å². The number of nitrogens with one attached hydrogen (secondary N) is 2. The van der Waals surface area contributed by atoms with E-state index in [1.807, 2.05) is 39.3 Å². The third kappa shape index (κ3) is 160. The van der Waals surface area contributed by atoms with Crippen molar-refractivity contribution in [2.45, 2.75) is 189 Å². The molecular weight excluding hydrogens is 1050 g/mol. The van der Waals surface area contributed by atoms with Crippen molar-refractivity contribution < 1.29 is 96.0 Å². The molecule has 0 heterocycles. The molecule has 0 spiro atoms. The minimum absolute atomic E-state index is 0. The summed E-state index contributed by atoms with van der Waals surface area (Å²) in [4.78, 5) is 6.21. The number of hydrogen-bond donors (Lipinski definition) is 4. The van der Waals surface area contributed by atoms with E-state index < -0.39 is 85.2 Å². The van der Waals surface area contributed by atoms with Crippen LogP contribution in [-0.4, -0.2) is 118 Å². The molecule has 0 aromatic heterocycles. The Labute approximate surface area is 411 Å². The molecule has 0 bridgehead atoms. The first-order chi connectivity index (χ1) is 28.0. The van der Waals surface area contributed by atoms with Gasteiger partial charge in [-0.2, -0.15) is 48.3 Å². The van der Waals surface area contributed by atoms with Crippen LogP contribution in [0.2, 0.25) is 52.4 Å². The number of hydrogen-bond acceptors (Lipinski definition) is 6. The molecule has 444 valence electrons. The van der Waals surface area contributed by atoms with E-state index in [4.69, 9.17) is 19.0 Å². The van der Waals surface area contributed by atoms with Gasteiger partial charge < -0.3 is 24.0 Å². The molecule has 69 heavy (non-hydrogen) atoms. The second-order valence-corrected chi connectivity index (χ2v) is 28.1. The molecule has 6 nitrogen and oxygen atoms in total. The molecule has 0 saturated heterocycles. The molecule has 0 unspecified atom stereocenters. The van der Waals surface area contributed by atoms with Crippen LogP contribution in [0.25, 0.3) is 0 Å². The summed E-state index contributed by atoms with van der Waals surface area (Å²) in [7, 11) is -7.54. The van der Waals surface area contributed by atoms with Crippen LogP contribution in [-0.2, 0) is 8.23 Å². The monoisotopic (exact) mass is 1150 g/mol. The topological polar surface area (TPSA) is 94.6 Å². The second kappa shape index (κ2) is 67.0. The van der Waals surface area contributed by atoms with Crippen molar-refractivity contribution in [3.8, 4) is 0 Å². The molecule has 0 saturated carbocycles. The number of rotatable bonds is 13. The molecule has 0 aliphatic heterocycles. The fourth-order valence-electron chi connectivity index (χ4n) is 2.05. The van der Waals surface area contributed by atoms with Gasteiger partial charge in [-0.25, -0.2) is 22.0 Å². The summed E-state index contributed by atoms with van der Waals surface area (Å²) in [5.41, 5.74) is 0. The molecular formula is C39H100F20N4O2Si4. The lowest BCUT2D eigenvalue weighted by Crippen LogP contribution is -2.60.